The van der Waals surface area contributed by atoms with E-state index in [0.717, 1.165) is 0 Å². The maximum atomic E-state index is 4.02. The van der Waals surface area contributed by atoms with Gasteiger partial charge in [-0.2, -0.15) is 0 Å². The zero-order valence-electron chi connectivity index (χ0n) is 80.9. The van der Waals surface area contributed by atoms with E-state index in [2.05, 4.69) is 283 Å². The lowest BCUT2D eigenvalue weighted by Crippen LogP contribution is -2.26. The number of rotatable bonds is 54. The van der Waals surface area contributed by atoms with Crippen LogP contribution in [0.1, 0.15) is 446 Å². The van der Waals surface area contributed by atoms with Crippen molar-refractivity contribution in [2.24, 2.45) is 0 Å². The summed E-state index contributed by atoms with van der Waals surface area (Å²) in [5.74, 6) is 0. The Labute approximate surface area is 789 Å². The average Bonchev–Trinajstić information content (AvgIpc) is 1.60. The summed E-state index contributed by atoms with van der Waals surface area (Å²) < 4.78 is 2.43. The van der Waals surface area contributed by atoms with Crippen molar-refractivity contribution in [1.82, 2.24) is 0 Å². The highest BCUT2D eigenvalue weighted by Crippen LogP contribution is 2.63. The van der Waals surface area contributed by atoms with E-state index in [0.29, 0.717) is 0 Å². The predicted molar refractivity (Wildman–Crippen MR) is 562 cm³/mol. The van der Waals surface area contributed by atoms with Crippen LogP contribution in [0.2, 0.25) is 0 Å². The summed E-state index contributed by atoms with van der Waals surface area (Å²) in [7, 11) is 0. The maximum Gasteiger partial charge on any atom is 0.0215 e. The fraction of sp³-hybridized carbons (Fsp3) is 0.520. The monoisotopic (exact) mass is 1820 g/mol. The van der Waals surface area contributed by atoms with E-state index in [1.165, 1.54) is 430 Å². The van der Waals surface area contributed by atoms with E-state index in [4.69, 9.17) is 0 Å². The summed E-state index contributed by atoms with van der Waals surface area (Å²) in [6.45, 7) is 23.9. The van der Waals surface area contributed by atoms with Crippen LogP contribution in [-0.4, -0.2) is 0 Å². The second kappa shape index (κ2) is 44.6. The van der Waals surface area contributed by atoms with Gasteiger partial charge >= 0.3 is 0 Å². The standard InChI is InChI=1S/C125H160Br2/c1-11-21-31-41-71-121(72-42-32-22-12-2)111-81-91(93-53-63-103-105-65-55-95(85-115(105)122(113(103)83-93,73-43-33-23-13-3)74-44-34-24-14-4)97-57-67-107-109-69-59-99(126)89-119(109)124(117(107)87-97,77-47-37-27-17-7)78-48-38-28-18-8)51-61-101(111)102-62-52-92(82-112(102)121)94-54-64-104-106-66-56-96(86-116(106)123(114(104)84-94,75-45-35-25-15-5)76-46-36-26-16-6)98-58-68-108-110-70-60-100(127)90-120(110)125(118(108)88-98,79-49-39-29-19-9)80-50-40-30-20-10/h51-70,81-90H,11-50,71-80H2,1-10H3. The molecule has 0 spiro atoms. The van der Waals surface area contributed by atoms with Crippen LogP contribution in [0.25, 0.3) is 100 Å². The van der Waals surface area contributed by atoms with E-state index in [-0.39, 0.29) is 27.1 Å². The van der Waals surface area contributed by atoms with Crippen molar-refractivity contribution in [3.63, 3.8) is 0 Å². The Bertz CT molecular complexity index is 4920. The molecule has 0 saturated carbocycles. The summed E-state index contributed by atoms with van der Waals surface area (Å²) in [6, 6.07) is 77.7. The van der Waals surface area contributed by atoms with Gasteiger partial charge in [0.25, 0.3) is 0 Å². The third kappa shape index (κ3) is 19.6. The largest absolute Gasteiger partial charge is 0.0654 e. The number of fused-ring (bicyclic) bond motifs is 15. The van der Waals surface area contributed by atoms with Crippen LogP contribution in [-0.2, 0) is 27.1 Å². The molecule has 674 valence electrons. The molecule has 0 atom stereocenters. The summed E-state index contributed by atoms with van der Waals surface area (Å²) in [6.07, 6.45) is 63.1. The molecule has 0 radical (unpaired) electrons. The molecular formula is C125H160Br2. The molecule has 0 unspecified atom stereocenters. The lowest BCUT2D eigenvalue weighted by Gasteiger charge is -2.34. The Hall–Kier alpha value is -6.84. The summed E-state index contributed by atoms with van der Waals surface area (Å²) in [5.41, 5.74) is 41.6. The van der Waals surface area contributed by atoms with Gasteiger partial charge in [-0.3, -0.25) is 0 Å². The number of hydrogen-bond donors (Lipinski definition) is 0. The molecule has 5 aliphatic rings. The van der Waals surface area contributed by atoms with Crippen LogP contribution >= 0.6 is 31.9 Å². The zero-order valence-corrected chi connectivity index (χ0v) is 84.1. The summed E-state index contributed by atoms with van der Waals surface area (Å²) in [4.78, 5) is 0. The van der Waals surface area contributed by atoms with Gasteiger partial charge < -0.3 is 0 Å². The Morgan fingerprint density at radius 3 is 0.386 bits per heavy atom. The van der Waals surface area contributed by atoms with Gasteiger partial charge in [0, 0.05) is 36.0 Å². The topological polar surface area (TPSA) is 0 Å². The summed E-state index contributed by atoms with van der Waals surface area (Å²) >= 11 is 8.05. The van der Waals surface area contributed by atoms with Gasteiger partial charge in [0.05, 0.1) is 0 Å². The van der Waals surface area contributed by atoms with Gasteiger partial charge in [-0.05, 0) is 293 Å². The lowest BCUT2D eigenvalue weighted by molar-refractivity contribution is 0.400. The molecule has 0 aliphatic heterocycles. The van der Waals surface area contributed by atoms with Crippen molar-refractivity contribution in [3.05, 3.63) is 247 Å². The molecule has 2 heteroatoms. The van der Waals surface area contributed by atoms with Crippen molar-refractivity contribution in [3.8, 4) is 100 Å². The van der Waals surface area contributed by atoms with E-state index < -0.39 is 0 Å². The van der Waals surface area contributed by atoms with Crippen molar-refractivity contribution >= 4 is 31.9 Å². The van der Waals surface area contributed by atoms with E-state index in [9.17, 15) is 0 Å². The molecule has 5 aliphatic carbocycles. The third-order valence-electron chi connectivity index (χ3n) is 32.6. The van der Waals surface area contributed by atoms with Gasteiger partial charge in [0.1, 0.15) is 0 Å². The highest BCUT2D eigenvalue weighted by atomic mass is 79.9. The second-order valence-corrected chi connectivity index (χ2v) is 42.8. The molecule has 10 aromatic carbocycles. The lowest BCUT2D eigenvalue weighted by atomic mass is 9.69. The fourth-order valence-electron chi connectivity index (χ4n) is 25.7. The average molecular weight is 1820 g/mol. The first kappa shape index (κ1) is 94.8. The number of benzene rings is 10. The van der Waals surface area contributed by atoms with Crippen LogP contribution in [0, 0.1) is 0 Å². The third-order valence-corrected chi connectivity index (χ3v) is 33.6. The number of halogens is 2. The Kier molecular flexibility index (Phi) is 33.3. The molecule has 10 aromatic rings. The smallest absolute Gasteiger partial charge is 0.0215 e. The normalized spacial score (nSPS) is 14.9. The van der Waals surface area contributed by atoms with Gasteiger partial charge in [0.15, 0.2) is 0 Å². The van der Waals surface area contributed by atoms with Crippen molar-refractivity contribution in [2.75, 3.05) is 0 Å². The SMILES string of the molecule is CCCCCCC1(CCCCCC)c2cc(Br)ccc2-c2ccc(-c3ccc4c(c3)C(CCCCCC)(CCCCCC)c3cc(-c5ccc6c(c5)C(CCCCCC)(CCCCCC)c5cc(-c7ccc8c(c7)C(CCCCCC)(CCCCCC)c7cc(-c9ccc%10c(c9)C(CCCCCC)(CCCCCC)c9cc(Br)ccc9-%10)ccc7-8)ccc5-6)ccc3-4)cc21. The van der Waals surface area contributed by atoms with Crippen LogP contribution in [0.3, 0.4) is 0 Å². The van der Waals surface area contributed by atoms with Gasteiger partial charge in [-0.25, -0.2) is 0 Å². The molecule has 0 fully saturated rings. The van der Waals surface area contributed by atoms with Crippen molar-refractivity contribution < 1.29 is 0 Å². The van der Waals surface area contributed by atoms with Gasteiger partial charge in [-0.1, -0.05) is 467 Å². The molecule has 0 bridgehead atoms. The van der Waals surface area contributed by atoms with Crippen molar-refractivity contribution in [2.45, 2.75) is 417 Å². The fourth-order valence-corrected chi connectivity index (χ4v) is 26.4. The van der Waals surface area contributed by atoms with Crippen LogP contribution in [0.4, 0.5) is 0 Å². The van der Waals surface area contributed by atoms with E-state index >= 15 is 0 Å². The minimum atomic E-state index is -0.0998. The first-order chi connectivity index (χ1) is 62.3. The Balaban J connectivity index is 0.824. The van der Waals surface area contributed by atoms with Crippen LogP contribution < -0.4 is 0 Å². The minimum absolute atomic E-state index is 0.0107. The molecule has 0 aromatic heterocycles. The number of hydrogen-bond acceptors (Lipinski definition) is 0. The number of unbranched alkanes of at least 4 members (excludes halogenated alkanes) is 30. The van der Waals surface area contributed by atoms with Crippen molar-refractivity contribution in [1.29, 1.82) is 0 Å². The molecule has 0 amide bonds. The quantitative estimate of drug-likeness (QED) is 0.0333. The molecule has 127 heavy (non-hydrogen) atoms. The molecule has 0 N–H and O–H groups in total. The molecule has 0 nitrogen and oxygen atoms in total. The van der Waals surface area contributed by atoms with Crippen LogP contribution in [0.5, 0.6) is 0 Å². The van der Waals surface area contributed by atoms with Gasteiger partial charge in [-0.15, -0.1) is 0 Å². The first-order valence-electron chi connectivity index (χ1n) is 53.1. The minimum Gasteiger partial charge on any atom is -0.0654 e. The molecule has 15 rings (SSSR count). The Morgan fingerprint density at radius 2 is 0.260 bits per heavy atom. The zero-order chi connectivity index (χ0) is 88.4. The molecular weight excluding hydrogens is 1660 g/mol. The van der Waals surface area contributed by atoms with E-state index in [1.54, 1.807) is 55.6 Å². The summed E-state index contributed by atoms with van der Waals surface area (Å²) in [5, 5.41) is 0. The highest BCUT2D eigenvalue weighted by Gasteiger charge is 2.49. The Morgan fingerprint density at radius 1 is 0.142 bits per heavy atom. The molecule has 0 heterocycles. The predicted octanol–water partition coefficient (Wildman–Crippen LogP) is 40.9. The van der Waals surface area contributed by atoms with Crippen LogP contribution in [0.15, 0.2) is 191 Å². The maximum absolute atomic E-state index is 4.02. The molecule has 0 saturated heterocycles. The van der Waals surface area contributed by atoms with E-state index in [1.807, 2.05) is 0 Å². The van der Waals surface area contributed by atoms with Gasteiger partial charge in [0.2, 0.25) is 0 Å². The first-order valence-corrected chi connectivity index (χ1v) is 54.7. The highest BCUT2D eigenvalue weighted by molar-refractivity contribution is 9.10. The second-order valence-electron chi connectivity index (χ2n) is 41.0.